The van der Waals surface area contributed by atoms with Crippen molar-refractivity contribution in [2.45, 2.75) is 64.3 Å². The molecular formula is C27H39N3O. The number of pyridine rings is 1. The molecule has 0 unspecified atom stereocenters. The number of aromatic nitrogens is 1. The Morgan fingerprint density at radius 1 is 0.935 bits per heavy atom. The van der Waals surface area contributed by atoms with Crippen LogP contribution in [-0.4, -0.2) is 36.6 Å². The van der Waals surface area contributed by atoms with Gasteiger partial charge in [0.05, 0.1) is 7.11 Å². The van der Waals surface area contributed by atoms with Gasteiger partial charge in [-0.25, -0.2) is 4.98 Å². The first kappa shape index (κ1) is 22.1. The summed E-state index contributed by atoms with van der Waals surface area (Å²) in [7, 11) is 1.71. The fourth-order valence-corrected chi connectivity index (χ4v) is 5.32. The van der Waals surface area contributed by atoms with E-state index in [2.05, 4.69) is 45.5 Å². The number of aryl methyl sites for hydroxylation is 1. The van der Waals surface area contributed by atoms with Crippen LogP contribution in [0.3, 0.4) is 0 Å². The highest BCUT2D eigenvalue weighted by atomic mass is 16.5. The molecule has 2 aromatic rings. The van der Waals surface area contributed by atoms with E-state index in [1.807, 2.05) is 6.07 Å². The Kier molecular flexibility index (Phi) is 8.23. The van der Waals surface area contributed by atoms with Gasteiger partial charge >= 0.3 is 0 Å². The molecule has 4 rings (SSSR count). The molecule has 0 amide bonds. The molecule has 4 nitrogen and oxygen atoms in total. The standard InChI is InChI=1S/C27H39N3O/c1-31-27-25(11-7-17-28-27)21-30-18-15-22(16-19-30)13-14-24-10-5-6-12-26(24)29-20-23-8-3-2-4-9-23/h5-7,10-12,17,22-23,29H,2-4,8-9,13-16,18-21H2,1H3. The predicted octanol–water partition coefficient (Wildman–Crippen LogP) is 5.93. The van der Waals surface area contributed by atoms with Gasteiger partial charge in [-0.05, 0) is 81.1 Å². The number of ether oxygens (including phenoxy) is 1. The highest BCUT2D eigenvalue weighted by Gasteiger charge is 2.21. The molecule has 2 heterocycles. The van der Waals surface area contributed by atoms with Crippen molar-refractivity contribution < 1.29 is 4.74 Å². The largest absolute Gasteiger partial charge is 0.481 e. The van der Waals surface area contributed by atoms with Gasteiger partial charge in [-0.1, -0.05) is 43.5 Å². The van der Waals surface area contributed by atoms with Gasteiger partial charge in [0, 0.05) is 30.5 Å². The molecule has 2 fully saturated rings. The van der Waals surface area contributed by atoms with Crippen LogP contribution in [0.1, 0.15) is 62.5 Å². The molecule has 0 radical (unpaired) electrons. The van der Waals surface area contributed by atoms with E-state index in [-0.39, 0.29) is 0 Å². The summed E-state index contributed by atoms with van der Waals surface area (Å²) < 4.78 is 5.42. The van der Waals surface area contributed by atoms with Crippen molar-refractivity contribution in [3.05, 3.63) is 53.7 Å². The van der Waals surface area contributed by atoms with Crippen LogP contribution in [0.4, 0.5) is 5.69 Å². The molecule has 0 atom stereocenters. The Morgan fingerprint density at radius 3 is 2.52 bits per heavy atom. The highest BCUT2D eigenvalue weighted by molar-refractivity contribution is 5.51. The van der Waals surface area contributed by atoms with Crippen molar-refractivity contribution in [1.82, 2.24) is 9.88 Å². The minimum absolute atomic E-state index is 0.766. The second-order valence-corrected chi connectivity index (χ2v) is 9.47. The zero-order valence-corrected chi connectivity index (χ0v) is 19.2. The summed E-state index contributed by atoms with van der Waals surface area (Å²) in [6.07, 6.45) is 13.9. The molecule has 0 spiro atoms. The van der Waals surface area contributed by atoms with E-state index in [1.165, 1.54) is 87.7 Å². The third-order valence-electron chi connectivity index (χ3n) is 7.29. The third kappa shape index (κ3) is 6.46. The second-order valence-electron chi connectivity index (χ2n) is 9.47. The fraction of sp³-hybridized carbons (Fsp3) is 0.593. The maximum atomic E-state index is 5.42. The van der Waals surface area contributed by atoms with Gasteiger partial charge < -0.3 is 10.1 Å². The Balaban J connectivity index is 1.22. The smallest absolute Gasteiger partial charge is 0.217 e. The molecule has 31 heavy (non-hydrogen) atoms. The monoisotopic (exact) mass is 421 g/mol. The molecule has 1 N–H and O–H groups in total. The van der Waals surface area contributed by atoms with E-state index in [1.54, 1.807) is 13.3 Å². The van der Waals surface area contributed by atoms with E-state index in [4.69, 9.17) is 4.74 Å². The van der Waals surface area contributed by atoms with Gasteiger partial charge in [-0.2, -0.15) is 0 Å². The van der Waals surface area contributed by atoms with Crippen molar-refractivity contribution in [3.8, 4) is 5.88 Å². The molecule has 2 aliphatic rings. The van der Waals surface area contributed by atoms with E-state index >= 15 is 0 Å². The number of benzene rings is 1. The van der Waals surface area contributed by atoms with Crippen molar-refractivity contribution >= 4 is 5.69 Å². The average molecular weight is 422 g/mol. The molecule has 1 saturated heterocycles. The van der Waals surface area contributed by atoms with Crippen molar-refractivity contribution in [2.75, 3.05) is 32.1 Å². The quantitative estimate of drug-likeness (QED) is 0.545. The summed E-state index contributed by atoms with van der Waals surface area (Å²) in [5, 5.41) is 3.79. The zero-order valence-electron chi connectivity index (χ0n) is 19.2. The Hall–Kier alpha value is -2.07. The van der Waals surface area contributed by atoms with E-state index < -0.39 is 0 Å². The van der Waals surface area contributed by atoms with E-state index in [9.17, 15) is 0 Å². The minimum atomic E-state index is 0.766. The average Bonchev–Trinajstić information content (AvgIpc) is 2.84. The number of nitrogens with zero attached hydrogens (tertiary/aromatic N) is 2. The highest BCUT2D eigenvalue weighted by Crippen LogP contribution is 2.28. The summed E-state index contributed by atoms with van der Waals surface area (Å²) in [5.41, 5.74) is 4.07. The topological polar surface area (TPSA) is 37.4 Å². The second kappa shape index (κ2) is 11.5. The lowest BCUT2D eigenvalue weighted by Gasteiger charge is -2.32. The number of hydrogen-bond donors (Lipinski definition) is 1. The molecule has 1 aromatic carbocycles. The first-order valence-corrected chi connectivity index (χ1v) is 12.3. The summed E-state index contributed by atoms with van der Waals surface area (Å²) in [6, 6.07) is 13.1. The van der Waals surface area contributed by atoms with Gasteiger partial charge in [0.1, 0.15) is 0 Å². The molecule has 0 bridgehead atoms. The minimum Gasteiger partial charge on any atom is -0.481 e. The number of anilines is 1. The number of likely N-dealkylation sites (tertiary alicyclic amines) is 1. The van der Waals surface area contributed by atoms with Gasteiger partial charge in [-0.3, -0.25) is 4.90 Å². The van der Waals surface area contributed by atoms with Crippen molar-refractivity contribution in [1.29, 1.82) is 0 Å². The molecule has 1 aliphatic carbocycles. The maximum Gasteiger partial charge on any atom is 0.217 e. The number of rotatable bonds is 9. The molecule has 1 aliphatic heterocycles. The van der Waals surface area contributed by atoms with Crippen molar-refractivity contribution in [3.63, 3.8) is 0 Å². The van der Waals surface area contributed by atoms with Gasteiger partial charge in [-0.15, -0.1) is 0 Å². The van der Waals surface area contributed by atoms with Crippen LogP contribution < -0.4 is 10.1 Å². The first-order chi connectivity index (χ1) is 15.3. The fourth-order valence-electron chi connectivity index (χ4n) is 5.32. The van der Waals surface area contributed by atoms with Gasteiger partial charge in [0.2, 0.25) is 5.88 Å². The van der Waals surface area contributed by atoms with E-state index in [0.717, 1.165) is 30.8 Å². The lowest BCUT2D eigenvalue weighted by molar-refractivity contribution is 0.170. The predicted molar refractivity (Wildman–Crippen MR) is 129 cm³/mol. The van der Waals surface area contributed by atoms with Crippen LogP contribution >= 0.6 is 0 Å². The molecule has 4 heteroatoms. The summed E-state index contributed by atoms with van der Waals surface area (Å²) in [4.78, 5) is 6.89. The summed E-state index contributed by atoms with van der Waals surface area (Å²) in [5.74, 6) is 2.46. The Morgan fingerprint density at radius 2 is 1.71 bits per heavy atom. The lowest BCUT2D eigenvalue weighted by Crippen LogP contribution is -2.33. The molecule has 1 saturated carbocycles. The number of methoxy groups -OCH3 is 1. The van der Waals surface area contributed by atoms with E-state index in [0.29, 0.717) is 0 Å². The normalized spacial score (nSPS) is 18.7. The molecular weight excluding hydrogens is 382 g/mol. The van der Waals surface area contributed by atoms with Crippen molar-refractivity contribution in [2.24, 2.45) is 11.8 Å². The molecule has 168 valence electrons. The summed E-state index contributed by atoms with van der Waals surface area (Å²) >= 11 is 0. The van der Waals surface area contributed by atoms with Gasteiger partial charge in [0.25, 0.3) is 0 Å². The third-order valence-corrected chi connectivity index (χ3v) is 7.29. The Bertz CT molecular complexity index is 795. The van der Waals surface area contributed by atoms with Gasteiger partial charge in [0.15, 0.2) is 0 Å². The van der Waals surface area contributed by atoms with Crippen LogP contribution in [0.15, 0.2) is 42.6 Å². The van der Waals surface area contributed by atoms with Crippen LogP contribution in [0.2, 0.25) is 0 Å². The van der Waals surface area contributed by atoms with Crippen LogP contribution in [0.25, 0.3) is 0 Å². The Labute approximate surface area is 188 Å². The number of piperidine rings is 1. The first-order valence-electron chi connectivity index (χ1n) is 12.3. The molecule has 1 aromatic heterocycles. The number of para-hydroxylation sites is 1. The van der Waals surface area contributed by atoms with Crippen LogP contribution in [0, 0.1) is 11.8 Å². The lowest BCUT2D eigenvalue weighted by atomic mass is 9.88. The van der Waals surface area contributed by atoms with Crippen LogP contribution in [-0.2, 0) is 13.0 Å². The number of hydrogen-bond acceptors (Lipinski definition) is 4. The number of nitrogens with one attached hydrogen (secondary N) is 1. The SMILES string of the molecule is COc1ncccc1CN1CCC(CCc2ccccc2NCC2CCCCC2)CC1. The summed E-state index contributed by atoms with van der Waals surface area (Å²) in [6.45, 7) is 4.43. The zero-order chi connectivity index (χ0) is 21.3. The van der Waals surface area contributed by atoms with Crippen LogP contribution in [0.5, 0.6) is 5.88 Å². The maximum absolute atomic E-state index is 5.42.